The van der Waals surface area contributed by atoms with Crippen molar-refractivity contribution in [1.82, 2.24) is 45.1 Å². The van der Waals surface area contributed by atoms with Crippen LogP contribution >= 0.6 is 0 Å². The summed E-state index contributed by atoms with van der Waals surface area (Å²) in [5, 5.41) is 29.6. The van der Waals surface area contributed by atoms with Crippen molar-refractivity contribution in [2.45, 2.75) is 25.0 Å². The Morgan fingerprint density at radius 3 is 2.62 bits per heavy atom. The number of aromatic nitrogens is 6. The molecule has 168 valence electrons. The van der Waals surface area contributed by atoms with Crippen LogP contribution in [0.15, 0.2) is 30.2 Å². The maximum absolute atomic E-state index is 12.8. The number of aliphatic hydroxyl groups excluding tert-OH is 1. The van der Waals surface area contributed by atoms with Crippen LogP contribution in [0.5, 0.6) is 0 Å². The Morgan fingerprint density at radius 2 is 1.97 bits per heavy atom. The van der Waals surface area contributed by atoms with Crippen LogP contribution in [-0.2, 0) is 9.53 Å². The average Bonchev–Trinajstić information content (AvgIpc) is 3.56. The van der Waals surface area contributed by atoms with Crippen molar-refractivity contribution in [2.24, 2.45) is 0 Å². The molecule has 13 nitrogen and oxygen atoms in total. The normalized spacial score (nSPS) is 21.2. The summed E-state index contributed by atoms with van der Waals surface area (Å²) >= 11 is 0. The van der Waals surface area contributed by atoms with Gasteiger partial charge in [0.25, 0.3) is 0 Å². The van der Waals surface area contributed by atoms with Crippen molar-refractivity contribution < 1.29 is 19.4 Å². The highest BCUT2D eigenvalue weighted by Crippen LogP contribution is 2.26. The van der Waals surface area contributed by atoms with Crippen molar-refractivity contribution in [1.29, 1.82) is 0 Å². The minimum absolute atomic E-state index is 0.0639. The number of esters is 1. The quantitative estimate of drug-likeness (QED) is 0.562. The molecule has 2 aromatic rings. The van der Waals surface area contributed by atoms with E-state index in [1.807, 2.05) is 4.90 Å². The number of likely N-dealkylation sites (tertiary alicyclic amines) is 1. The zero-order valence-electron chi connectivity index (χ0n) is 17.3. The van der Waals surface area contributed by atoms with E-state index in [0.29, 0.717) is 36.8 Å². The summed E-state index contributed by atoms with van der Waals surface area (Å²) in [7, 11) is 0. The zero-order valence-corrected chi connectivity index (χ0v) is 17.3. The van der Waals surface area contributed by atoms with Crippen LogP contribution in [0.4, 0.5) is 4.79 Å². The molecule has 1 atom stereocenters. The molecule has 2 fully saturated rings. The van der Waals surface area contributed by atoms with Crippen LogP contribution in [0.3, 0.4) is 0 Å². The van der Waals surface area contributed by atoms with Crippen molar-refractivity contribution in [3.05, 3.63) is 35.9 Å². The molecule has 0 spiro atoms. The van der Waals surface area contributed by atoms with Gasteiger partial charge in [-0.15, -0.1) is 10.2 Å². The molecule has 0 bridgehead atoms. The lowest BCUT2D eigenvalue weighted by atomic mass is 10.0. The number of amides is 2. The van der Waals surface area contributed by atoms with Gasteiger partial charge in [0.1, 0.15) is 19.0 Å². The number of ether oxygens (including phenoxy) is 1. The highest BCUT2D eigenvalue weighted by Gasteiger charge is 2.38. The third kappa shape index (κ3) is 4.03. The first-order valence-electron chi connectivity index (χ1n) is 10.5. The van der Waals surface area contributed by atoms with Crippen LogP contribution in [0.25, 0.3) is 5.82 Å². The number of urea groups is 1. The highest BCUT2D eigenvalue weighted by atomic mass is 16.5. The van der Waals surface area contributed by atoms with E-state index in [9.17, 15) is 14.7 Å². The van der Waals surface area contributed by atoms with Crippen LogP contribution in [0, 0.1) is 0 Å². The second-order valence-electron chi connectivity index (χ2n) is 7.99. The number of tetrazole rings is 1. The van der Waals surface area contributed by atoms with E-state index in [-0.39, 0.29) is 18.7 Å². The smallest absolute Gasteiger partial charge is 0.333 e. The maximum Gasteiger partial charge on any atom is 0.333 e. The fourth-order valence-electron chi connectivity index (χ4n) is 4.33. The minimum atomic E-state index is -0.766. The maximum atomic E-state index is 12.8. The first kappa shape index (κ1) is 20.5. The van der Waals surface area contributed by atoms with Gasteiger partial charge < -0.3 is 19.6 Å². The van der Waals surface area contributed by atoms with E-state index in [1.165, 1.54) is 17.1 Å². The van der Waals surface area contributed by atoms with Gasteiger partial charge in [0.15, 0.2) is 5.82 Å². The number of β-amino-alcohol motifs (C(OH)–C–C–N with tert-alkyl or cyclic N) is 1. The van der Waals surface area contributed by atoms with Gasteiger partial charge in [0.2, 0.25) is 0 Å². The lowest BCUT2D eigenvalue weighted by Gasteiger charge is -2.37. The Balaban J connectivity index is 1.12. The van der Waals surface area contributed by atoms with Gasteiger partial charge in [-0.3, -0.25) is 4.90 Å². The number of cyclic esters (lactones) is 1. The lowest BCUT2D eigenvalue weighted by Crippen LogP contribution is -2.47. The van der Waals surface area contributed by atoms with E-state index in [1.54, 1.807) is 17.0 Å². The first-order valence-corrected chi connectivity index (χ1v) is 10.5. The monoisotopic (exact) mass is 441 g/mol. The molecule has 3 aliphatic rings. The molecule has 0 saturated carbocycles. The van der Waals surface area contributed by atoms with Crippen molar-refractivity contribution in [3.8, 4) is 5.82 Å². The third-order valence-corrected chi connectivity index (χ3v) is 6.06. The lowest BCUT2D eigenvalue weighted by molar-refractivity contribution is -0.135. The molecule has 2 aromatic heterocycles. The summed E-state index contributed by atoms with van der Waals surface area (Å²) in [6.07, 6.45) is 3.70. The van der Waals surface area contributed by atoms with E-state index in [0.717, 1.165) is 25.9 Å². The number of carbonyl (C=O) groups excluding carboxylic acids is 2. The van der Waals surface area contributed by atoms with Crippen LogP contribution in [0.1, 0.15) is 24.6 Å². The number of rotatable bonds is 6. The SMILES string of the molecule is O=C1C=C(N2CCN(C3CCN(CC(O)c4ccc(-n5cnnn5)nn4)CC3)C2=O)CO1. The Kier molecular flexibility index (Phi) is 5.49. The third-order valence-electron chi connectivity index (χ3n) is 6.06. The number of carbonyl (C=O) groups is 2. The molecular formula is C19H23N9O4. The van der Waals surface area contributed by atoms with Crippen LogP contribution in [0.2, 0.25) is 0 Å². The van der Waals surface area contributed by atoms with Crippen LogP contribution in [-0.4, -0.2) is 108 Å². The number of piperidine rings is 1. The molecule has 32 heavy (non-hydrogen) atoms. The molecule has 0 aromatic carbocycles. The van der Waals surface area contributed by atoms with Crippen LogP contribution < -0.4 is 0 Å². The zero-order chi connectivity index (χ0) is 22.1. The standard InChI is InChI=1S/C19H23N9O4/c29-16(15-1-2-17(22-21-15)28-12-20-23-24-28)10-25-5-3-13(4-6-25)26-7-8-27(19(26)31)14-9-18(30)32-11-14/h1-2,9,12-13,16,29H,3-8,10-11H2. The Hall–Kier alpha value is -3.45. The first-order chi connectivity index (χ1) is 15.6. The molecule has 1 N–H and O–H groups in total. The number of aliphatic hydroxyl groups is 1. The second-order valence-corrected chi connectivity index (χ2v) is 7.99. The van der Waals surface area contributed by atoms with Crippen molar-refractivity contribution in [3.63, 3.8) is 0 Å². The van der Waals surface area contributed by atoms with Gasteiger partial charge in [0.05, 0.1) is 11.4 Å². The van der Waals surface area contributed by atoms with Gasteiger partial charge in [-0.2, -0.15) is 9.78 Å². The van der Waals surface area contributed by atoms with E-state index >= 15 is 0 Å². The highest BCUT2D eigenvalue weighted by molar-refractivity contribution is 5.87. The predicted octanol–water partition coefficient (Wildman–Crippen LogP) is -0.872. The van der Waals surface area contributed by atoms with Gasteiger partial charge in [-0.1, -0.05) is 0 Å². The van der Waals surface area contributed by atoms with Crippen molar-refractivity contribution in [2.75, 3.05) is 39.3 Å². The Labute approximate surface area is 183 Å². The summed E-state index contributed by atoms with van der Waals surface area (Å²) in [5.74, 6) is 0.0771. The topological polar surface area (TPSA) is 143 Å². The summed E-state index contributed by atoms with van der Waals surface area (Å²) in [6.45, 7) is 3.35. The fourth-order valence-corrected chi connectivity index (χ4v) is 4.33. The van der Waals surface area contributed by atoms with E-state index < -0.39 is 12.1 Å². The number of hydrogen-bond donors (Lipinski definition) is 1. The van der Waals surface area contributed by atoms with Gasteiger partial charge in [-0.05, 0) is 35.4 Å². The summed E-state index contributed by atoms with van der Waals surface area (Å²) in [4.78, 5) is 29.8. The minimum Gasteiger partial charge on any atom is -0.456 e. The van der Waals surface area contributed by atoms with E-state index in [2.05, 4.69) is 30.6 Å². The number of nitrogens with zero attached hydrogens (tertiary/aromatic N) is 9. The Bertz CT molecular complexity index is 1000. The average molecular weight is 441 g/mol. The molecular weight excluding hydrogens is 418 g/mol. The predicted molar refractivity (Wildman–Crippen MR) is 107 cm³/mol. The van der Waals surface area contributed by atoms with Gasteiger partial charge >= 0.3 is 12.0 Å². The molecule has 5 rings (SSSR count). The summed E-state index contributed by atoms with van der Waals surface area (Å²) in [5.41, 5.74) is 1.12. The molecule has 3 aliphatic heterocycles. The van der Waals surface area contributed by atoms with Crippen molar-refractivity contribution >= 4 is 12.0 Å². The molecule has 0 radical (unpaired) electrons. The van der Waals surface area contributed by atoms with Gasteiger partial charge in [-0.25, -0.2) is 9.59 Å². The van der Waals surface area contributed by atoms with Gasteiger partial charge in [0, 0.05) is 44.8 Å². The second kappa shape index (κ2) is 8.59. The molecule has 5 heterocycles. The molecule has 13 heteroatoms. The molecule has 1 unspecified atom stereocenters. The van der Waals surface area contributed by atoms with E-state index in [4.69, 9.17) is 4.74 Å². The number of hydrogen-bond acceptors (Lipinski definition) is 10. The molecule has 2 saturated heterocycles. The fraction of sp³-hybridized carbons (Fsp3) is 0.526. The molecule has 0 aliphatic carbocycles. The molecule has 2 amide bonds. The summed E-state index contributed by atoms with van der Waals surface area (Å²) in [6, 6.07) is 3.50. The largest absolute Gasteiger partial charge is 0.456 e. The summed E-state index contributed by atoms with van der Waals surface area (Å²) < 4.78 is 6.32. The Morgan fingerprint density at radius 1 is 1.12 bits per heavy atom.